The molecule has 0 unspecified atom stereocenters. The van der Waals surface area contributed by atoms with Gasteiger partial charge in [-0.15, -0.1) is 0 Å². The largest absolute Gasteiger partial charge is 0.397 e. The van der Waals surface area contributed by atoms with Gasteiger partial charge >= 0.3 is 0 Å². The summed E-state index contributed by atoms with van der Waals surface area (Å²) in [5, 5.41) is 2.91. The third-order valence-electron chi connectivity index (χ3n) is 4.08. The predicted molar refractivity (Wildman–Crippen MR) is 83.6 cm³/mol. The van der Waals surface area contributed by atoms with Crippen LogP contribution in [0.25, 0.3) is 0 Å². The number of nitrogens with two attached hydrogens (primary N) is 1. The molecule has 0 aromatic heterocycles. The molecule has 0 heterocycles. The summed E-state index contributed by atoms with van der Waals surface area (Å²) in [7, 11) is 0. The number of hydrogen-bond acceptors (Lipinski definition) is 3. The van der Waals surface area contributed by atoms with Crippen molar-refractivity contribution < 1.29 is 4.79 Å². The highest BCUT2D eigenvalue weighted by Crippen LogP contribution is 2.22. The van der Waals surface area contributed by atoms with Crippen molar-refractivity contribution in [1.82, 2.24) is 4.90 Å². The van der Waals surface area contributed by atoms with Gasteiger partial charge in [-0.2, -0.15) is 0 Å². The number of para-hydroxylation sites is 2. The van der Waals surface area contributed by atoms with Crippen LogP contribution in [0, 0.1) is 0 Å². The van der Waals surface area contributed by atoms with Gasteiger partial charge in [-0.05, 0) is 31.5 Å². The second kappa shape index (κ2) is 7.29. The molecule has 3 N–H and O–H groups in total. The molecule has 4 heteroatoms. The quantitative estimate of drug-likeness (QED) is 0.812. The second-order valence-corrected chi connectivity index (χ2v) is 5.49. The topological polar surface area (TPSA) is 58.4 Å². The summed E-state index contributed by atoms with van der Waals surface area (Å²) >= 11 is 0. The molecule has 1 fully saturated rings. The lowest BCUT2D eigenvalue weighted by Gasteiger charge is -2.32. The zero-order valence-electron chi connectivity index (χ0n) is 12.3. The van der Waals surface area contributed by atoms with E-state index in [1.54, 1.807) is 6.07 Å². The highest BCUT2D eigenvalue weighted by molar-refractivity contribution is 5.95. The van der Waals surface area contributed by atoms with Crippen LogP contribution in [0.5, 0.6) is 0 Å². The third kappa shape index (κ3) is 3.97. The molecule has 20 heavy (non-hydrogen) atoms. The summed E-state index contributed by atoms with van der Waals surface area (Å²) in [6, 6.07) is 7.95. The molecule has 4 nitrogen and oxygen atoms in total. The molecule has 0 radical (unpaired) electrons. The summed E-state index contributed by atoms with van der Waals surface area (Å²) in [5.41, 5.74) is 7.16. The maximum absolute atomic E-state index is 12.2. The minimum atomic E-state index is 0.0234. The fraction of sp³-hybridized carbons (Fsp3) is 0.562. The number of nitrogen functional groups attached to an aromatic ring is 1. The Morgan fingerprint density at radius 3 is 2.65 bits per heavy atom. The van der Waals surface area contributed by atoms with E-state index in [9.17, 15) is 4.79 Å². The Morgan fingerprint density at radius 2 is 2.00 bits per heavy atom. The first-order valence-corrected chi connectivity index (χ1v) is 7.59. The Balaban J connectivity index is 1.90. The predicted octanol–water partition coefficient (Wildman–Crippen LogP) is 2.86. The Morgan fingerprint density at radius 1 is 1.30 bits per heavy atom. The molecule has 0 spiro atoms. The van der Waals surface area contributed by atoms with Gasteiger partial charge in [-0.3, -0.25) is 9.69 Å². The number of carbonyl (C=O) groups is 1. The maximum atomic E-state index is 12.2. The summed E-state index contributed by atoms with van der Waals surface area (Å²) in [5.74, 6) is 0.0234. The first-order valence-electron chi connectivity index (χ1n) is 7.59. The van der Waals surface area contributed by atoms with Gasteiger partial charge in [0.15, 0.2) is 0 Å². The van der Waals surface area contributed by atoms with Crippen LogP contribution in [0.3, 0.4) is 0 Å². The number of amides is 1. The summed E-state index contributed by atoms with van der Waals surface area (Å²) < 4.78 is 0. The highest BCUT2D eigenvalue weighted by Gasteiger charge is 2.21. The van der Waals surface area contributed by atoms with Gasteiger partial charge in [0.05, 0.1) is 17.9 Å². The van der Waals surface area contributed by atoms with Crippen LogP contribution in [0.15, 0.2) is 24.3 Å². The molecule has 0 atom stereocenters. The van der Waals surface area contributed by atoms with E-state index in [0.717, 1.165) is 6.54 Å². The number of hydrogen-bond donors (Lipinski definition) is 2. The summed E-state index contributed by atoms with van der Waals surface area (Å²) in [6.45, 7) is 3.50. The van der Waals surface area contributed by atoms with Crippen molar-refractivity contribution in [3.63, 3.8) is 0 Å². The molecule has 1 saturated carbocycles. The van der Waals surface area contributed by atoms with Crippen LogP contribution in [-0.4, -0.2) is 29.9 Å². The van der Waals surface area contributed by atoms with Crippen molar-refractivity contribution in [3.05, 3.63) is 24.3 Å². The van der Waals surface area contributed by atoms with Crippen LogP contribution in [0.4, 0.5) is 11.4 Å². The van der Waals surface area contributed by atoms with Crippen molar-refractivity contribution in [3.8, 4) is 0 Å². The fourth-order valence-electron chi connectivity index (χ4n) is 2.93. The smallest absolute Gasteiger partial charge is 0.238 e. The van der Waals surface area contributed by atoms with Crippen LogP contribution in [0.1, 0.15) is 39.0 Å². The molecule has 1 aromatic rings. The van der Waals surface area contributed by atoms with E-state index in [-0.39, 0.29) is 5.91 Å². The fourth-order valence-corrected chi connectivity index (χ4v) is 2.93. The minimum Gasteiger partial charge on any atom is -0.397 e. The van der Waals surface area contributed by atoms with Gasteiger partial charge in [-0.25, -0.2) is 0 Å². The Kier molecular flexibility index (Phi) is 5.41. The van der Waals surface area contributed by atoms with E-state index >= 15 is 0 Å². The SMILES string of the molecule is CCN(CC(=O)Nc1ccccc1N)C1CCCCC1. The highest BCUT2D eigenvalue weighted by atomic mass is 16.2. The normalized spacial score (nSPS) is 16.3. The van der Waals surface area contributed by atoms with Crippen LogP contribution in [0.2, 0.25) is 0 Å². The number of carbonyl (C=O) groups excluding carboxylic acids is 1. The molecule has 1 aliphatic carbocycles. The van der Waals surface area contributed by atoms with Crippen LogP contribution >= 0.6 is 0 Å². The first-order chi connectivity index (χ1) is 9.70. The monoisotopic (exact) mass is 275 g/mol. The average molecular weight is 275 g/mol. The van der Waals surface area contributed by atoms with Crippen molar-refractivity contribution >= 4 is 17.3 Å². The molecular weight excluding hydrogens is 250 g/mol. The van der Waals surface area contributed by atoms with E-state index in [0.29, 0.717) is 24.0 Å². The van der Waals surface area contributed by atoms with E-state index in [2.05, 4.69) is 17.1 Å². The Bertz CT molecular complexity index is 441. The molecule has 1 amide bonds. The zero-order chi connectivity index (χ0) is 14.4. The number of nitrogens with one attached hydrogen (secondary N) is 1. The van der Waals surface area contributed by atoms with E-state index in [4.69, 9.17) is 5.73 Å². The number of nitrogens with zero attached hydrogens (tertiary/aromatic N) is 1. The van der Waals surface area contributed by atoms with Crippen molar-refractivity contribution in [1.29, 1.82) is 0 Å². The minimum absolute atomic E-state index is 0.0234. The molecule has 0 bridgehead atoms. The van der Waals surface area contributed by atoms with Gasteiger partial charge in [-0.1, -0.05) is 38.3 Å². The standard InChI is InChI=1S/C16H25N3O/c1-2-19(13-8-4-3-5-9-13)12-16(20)18-15-11-7-6-10-14(15)17/h6-7,10-11,13H,2-5,8-9,12,17H2,1H3,(H,18,20). The molecule has 2 rings (SSSR count). The number of anilines is 2. The van der Waals surface area contributed by atoms with E-state index in [1.165, 1.54) is 32.1 Å². The van der Waals surface area contributed by atoms with Gasteiger partial charge < -0.3 is 11.1 Å². The first kappa shape index (κ1) is 14.9. The molecule has 0 aliphatic heterocycles. The lowest BCUT2D eigenvalue weighted by Crippen LogP contribution is -2.41. The van der Waals surface area contributed by atoms with Crippen LogP contribution in [-0.2, 0) is 4.79 Å². The van der Waals surface area contributed by atoms with E-state index in [1.807, 2.05) is 18.2 Å². The summed E-state index contributed by atoms with van der Waals surface area (Å²) in [4.78, 5) is 14.5. The average Bonchev–Trinajstić information content (AvgIpc) is 2.48. The van der Waals surface area contributed by atoms with Gasteiger partial charge in [0.2, 0.25) is 5.91 Å². The number of benzene rings is 1. The number of rotatable bonds is 5. The van der Waals surface area contributed by atoms with Crippen molar-refractivity contribution in [2.24, 2.45) is 0 Å². The molecule has 110 valence electrons. The molecule has 1 aromatic carbocycles. The Hall–Kier alpha value is -1.55. The van der Waals surface area contributed by atoms with Gasteiger partial charge in [0, 0.05) is 6.04 Å². The third-order valence-corrected chi connectivity index (χ3v) is 4.08. The maximum Gasteiger partial charge on any atom is 0.238 e. The molecular formula is C16H25N3O. The summed E-state index contributed by atoms with van der Waals surface area (Å²) in [6.07, 6.45) is 6.34. The second-order valence-electron chi connectivity index (χ2n) is 5.49. The van der Waals surface area contributed by atoms with Crippen LogP contribution < -0.4 is 11.1 Å². The molecule has 1 aliphatic rings. The zero-order valence-corrected chi connectivity index (χ0v) is 12.3. The molecule has 0 saturated heterocycles. The van der Waals surface area contributed by atoms with Crippen molar-refractivity contribution in [2.75, 3.05) is 24.1 Å². The van der Waals surface area contributed by atoms with Crippen molar-refractivity contribution in [2.45, 2.75) is 45.1 Å². The van der Waals surface area contributed by atoms with E-state index < -0.39 is 0 Å². The Labute approximate surface area is 121 Å². The number of likely N-dealkylation sites (N-methyl/N-ethyl adjacent to an activating group) is 1. The lowest BCUT2D eigenvalue weighted by atomic mass is 9.94. The van der Waals surface area contributed by atoms with Gasteiger partial charge in [0.25, 0.3) is 0 Å². The lowest BCUT2D eigenvalue weighted by molar-refractivity contribution is -0.118. The van der Waals surface area contributed by atoms with Gasteiger partial charge in [0.1, 0.15) is 0 Å².